The summed E-state index contributed by atoms with van der Waals surface area (Å²) in [5, 5.41) is 9.00. The summed E-state index contributed by atoms with van der Waals surface area (Å²) >= 11 is 0. The smallest absolute Gasteiger partial charge is 0.349 e. The number of carboxylic acids is 1. The van der Waals surface area contributed by atoms with E-state index in [0.717, 1.165) is 7.11 Å². The van der Waals surface area contributed by atoms with Crippen LogP contribution in [0.1, 0.15) is 5.56 Å². The van der Waals surface area contributed by atoms with Gasteiger partial charge in [0.15, 0.2) is 5.57 Å². The molecule has 0 heterocycles. The number of esters is 1. The third-order valence-corrected chi connectivity index (χ3v) is 2.07. The summed E-state index contributed by atoms with van der Waals surface area (Å²) in [6, 6.07) is 8.49. The van der Waals surface area contributed by atoms with E-state index in [-0.39, 0.29) is 5.76 Å². The number of carboxylic acid groups (broad SMARTS) is 1. The second-order valence-electron chi connectivity index (χ2n) is 3.07. The zero-order chi connectivity index (χ0) is 12.8. The Morgan fingerprint density at radius 1 is 1.06 bits per heavy atom. The minimum Gasteiger partial charge on any atom is -0.495 e. The van der Waals surface area contributed by atoms with Crippen LogP contribution in [0.2, 0.25) is 0 Å². The molecule has 0 aliphatic carbocycles. The molecule has 1 N–H and O–H groups in total. The number of methoxy groups -OCH3 is 2. The Hall–Kier alpha value is -2.30. The molecule has 1 rings (SSSR count). The maximum Gasteiger partial charge on any atom is 0.349 e. The topological polar surface area (TPSA) is 72.8 Å². The monoisotopic (exact) mass is 236 g/mol. The summed E-state index contributed by atoms with van der Waals surface area (Å²) in [5.41, 5.74) is -0.0287. The molecule has 5 heteroatoms. The van der Waals surface area contributed by atoms with Crippen molar-refractivity contribution in [3.63, 3.8) is 0 Å². The van der Waals surface area contributed by atoms with Crippen LogP contribution in [0.3, 0.4) is 0 Å². The van der Waals surface area contributed by atoms with E-state index in [2.05, 4.69) is 4.74 Å². The van der Waals surface area contributed by atoms with Gasteiger partial charge in [0, 0.05) is 5.56 Å². The number of rotatable bonds is 4. The normalized spacial score (nSPS) is 11.4. The largest absolute Gasteiger partial charge is 0.495 e. The molecule has 0 radical (unpaired) electrons. The zero-order valence-electron chi connectivity index (χ0n) is 9.47. The van der Waals surface area contributed by atoms with Gasteiger partial charge in [-0.05, 0) is 0 Å². The third kappa shape index (κ3) is 2.84. The van der Waals surface area contributed by atoms with Crippen LogP contribution in [0, 0.1) is 0 Å². The Kier molecular flexibility index (Phi) is 4.28. The molecule has 0 aliphatic rings. The van der Waals surface area contributed by atoms with Crippen molar-refractivity contribution in [1.29, 1.82) is 0 Å². The number of hydrogen-bond donors (Lipinski definition) is 1. The van der Waals surface area contributed by atoms with Crippen molar-refractivity contribution < 1.29 is 24.2 Å². The van der Waals surface area contributed by atoms with Gasteiger partial charge in [0.25, 0.3) is 0 Å². The molecule has 90 valence electrons. The Balaban J connectivity index is 3.37. The Bertz CT molecular complexity index is 447. The van der Waals surface area contributed by atoms with E-state index in [4.69, 9.17) is 9.84 Å². The van der Waals surface area contributed by atoms with Crippen LogP contribution >= 0.6 is 0 Å². The summed E-state index contributed by atoms with van der Waals surface area (Å²) in [4.78, 5) is 22.4. The second kappa shape index (κ2) is 5.69. The van der Waals surface area contributed by atoms with Crippen molar-refractivity contribution in [3.05, 3.63) is 41.5 Å². The van der Waals surface area contributed by atoms with Crippen molar-refractivity contribution in [2.75, 3.05) is 14.2 Å². The first-order chi connectivity index (χ1) is 8.11. The first-order valence-corrected chi connectivity index (χ1v) is 4.77. The van der Waals surface area contributed by atoms with Crippen LogP contribution < -0.4 is 0 Å². The molecule has 0 bridgehead atoms. The summed E-state index contributed by atoms with van der Waals surface area (Å²) in [6.45, 7) is 0. The van der Waals surface area contributed by atoms with Gasteiger partial charge in [-0.2, -0.15) is 0 Å². The van der Waals surface area contributed by atoms with E-state index in [9.17, 15) is 9.59 Å². The van der Waals surface area contributed by atoms with Crippen molar-refractivity contribution in [3.8, 4) is 0 Å². The van der Waals surface area contributed by atoms with Gasteiger partial charge in [0.05, 0.1) is 14.2 Å². The fraction of sp³-hybridized carbons (Fsp3) is 0.167. The Labute approximate surface area is 98.3 Å². The minimum absolute atomic E-state index is 0.0232. The molecule has 0 atom stereocenters. The van der Waals surface area contributed by atoms with Crippen LogP contribution in [0.25, 0.3) is 5.76 Å². The quantitative estimate of drug-likeness (QED) is 0.280. The molecule has 0 saturated heterocycles. The molecule has 1 aromatic rings. The molecule has 5 nitrogen and oxygen atoms in total. The lowest BCUT2D eigenvalue weighted by Gasteiger charge is -2.09. The van der Waals surface area contributed by atoms with Crippen molar-refractivity contribution in [2.45, 2.75) is 0 Å². The zero-order valence-corrected chi connectivity index (χ0v) is 9.47. The van der Waals surface area contributed by atoms with Gasteiger partial charge in [0.1, 0.15) is 5.76 Å². The maximum atomic E-state index is 11.4. The molecule has 1 aromatic carbocycles. The fourth-order valence-corrected chi connectivity index (χ4v) is 1.33. The van der Waals surface area contributed by atoms with Gasteiger partial charge in [-0.3, -0.25) is 0 Å². The van der Waals surface area contributed by atoms with Crippen LogP contribution in [0.5, 0.6) is 0 Å². The van der Waals surface area contributed by atoms with Gasteiger partial charge in [0.2, 0.25) is 0 Å². The predicted molar refractivity (Wildman–Crippen MR) is 60.0 cm³/mol. The average Bonchev–Trinajstić information content (AvgIpc) is 2.35. The van der Waals surface area contributed by atoms with E-state index in [0.29, 0.717) is 5.56 Å². The lowest BCUT2D eigenvalue weighted by Crippen LogP contribution is -2.16. The summed E-state index contributed by atoms with van der Waals surface area (Å²) < 4.78 is 9.40. The highest BCUT2D eigenvalue weighted by atomic mass is 16.5. The third-order valence-electron chi connectivity index (χ3n) is 2.07. The van der Waals surface area contributed by atoms with E-state index in [1.165, 1.54) is 7.11 Å². The molecule has 17 heavy (non-hydrogen) atoms. The van der Waals surface area contributed by atoms with Crippen molar-refractivity contribution >= 4 is 17.7 Å². The highest BCUT2D eigenvalue weighted by Crippen LogP contribution is 2.20. The number of carbonyl (C=O) groups is 2. The van der Waals surface area contributed by atoms with E-state index in [1.54, 1.807) is 30.3 Å². The van der Waals surface area contributed by atoms with E-state index in [1.807, 2.05) is 0 Å². The Morgan fingerprint density at radius 2 is 1.65 bits per heavy atom. The first-order valence-electron chi connectivity index (χ1n) is 4.77. The minimum atomic E-state index is -1.39. The molecule has 0 saturated carbocycles. The van der Waals surface area contributed by atoms with Crippen LogP contribution in [0.15, 0.2) is 35.9 Å². The number of carbonyl (C=O) groups excluding carboxylic acids is 1. The lowest BCUT2D eigenvalue weighted by molar-refractivity contribution is -0.142. The molecule has 0 unspecified atom stereocenters. The van der Waals surface area contributed by atoms with Gasteiger partial charge in [-0.25, -0.2) is 9.59 Å². The summed E-state index contributed by atoms with van der Waals surface area (Å²) in [7, 11) is 2.41. The molecule has 0 aromatic heterocycles. The van der Waals surface area contributed by atoms with Gasteiger partial charge >= 0.3 is 11.9 Å². The molecule has 0 fully saturated rings. The standard InChI is InChI=1S/C12H12O5/c1-16-10(8-6-4-3-5-7-8)9(11(13)14)12(15)17-2/h3-7H,1-2H3,(H,13,14). The van der Waals surface area contributed by atoms with Gasteiger partial charge < -0.3 is 14.6 Å². The Morgan fingerprint density at radius 3 is 2.06 bits per heavy atom. The summed E-state index contributed by atoms with van der Waals surface area (Å²) in [5.74, 6) is -2.36. The van der Waals surface area contributed by atoms with Crippen LogP contribution in [-0.4, -0.2) is 31.3 Å². The number of aliphatic carboxylic acids is 1. The fourth-order valence-electron chi connectivity index (χ4n) is 1.33. The number of benzene rings is 1. The highest BCUT2D eigenvalue weighted by Gasteiger charge is 2.25. The molecular weight excluding hydrogens is 224 g/mol. The molecule has 0 spiro atoms. The lowest BCUT2D eigenvalue weighted by atomic mass is 10.1. The highest BCUT2D eigenvalue weighted by molar-refractivity contribution is 6.18. The van der Waals surface area contributed by atoms with Crippen LogP contribution in [0.4, 0.5) is 0 Å². The van der Waals surface area contributed by atoms with Crippen molar-refractivity contribution in [2.24, 2.45) is 0 Å². The average molecular weight is 236 g/mol. The second-order valence-corrected chi connectivity index (χ2v) is 3.07. The number of hydrogen-bond acceptors (Lipinski definition) is 4. The van der Waals surface area contributed by atoms with E-state index < -0.39 is 17.5 Å². The summed E-state index contributed by atoms with van der Waals surface area (Å²) in [6.07, 6.45) is 0. The van der Waals surface area contributed by atoms with E-state index >= 15 is 0 Å². The molecule has 0 aliphatic heterocycles. The SMILES string of the molecule is COC(=O)C(C(=O)O)=C(OC)c1ccccc1. The van der Waals surface area contributed by atoms with Gasteiger partial charge in [-0.15, -0.1) is 0 Å². The number of ether oxygens (including phenoxy) is 2. The maximum absolute atomic E-state index is 11.4. The molecule has 0 amide bonds. The van der Waals surface area contributed by atoms with Crippen molar-refractivity contribution in [1.82, 2.24) is 0 Å². The molecular formula is C12H12O5. The first kappa shape index (κ1) is 12.8. The van der Waals surface area contributed by atoms with Gasteiger partial charge in [-0.1, -0.05) is 30.3 Å². The predicted octanol–water partition coefficient (Wildman–Crippen LogP) is 1.30. The van der Waals surface area contributed by atoms with Crippen LogP contribution in [-0.2, 0) is 19.1 Å².